The minimum atomic E-state index is 0.661. The first-order chi connectivity index (χ1) is 11.8. The van der Waals surface area contributed by atoms with E-state index in [1.807, 2.05) is 36.4 Å². The number of nitrogens with zero attached hydrogens (tertiary/aromatic N) is 5. The lowest BCUT2D eigenvalue weighted by Crippen LogP contribution is -2.46. The van der Waals surface area contributed by atoms with Gasteiger partial charge in [0, 0.05) is 32.4 Å². The fourth-order valence-corrected chi connectivity index (χ4v) is 3.06. The van der Waals surface area contributed by atoms with E-state index >= 15 is 0 Å². The summed E-state index contributed by atoms with van der Waals surface area (Å²) in [6, 6.07) is 13.8. The van der Waals surface area contributed by atoms with E-state index in [2.05, 4.69) is 25.8 Å². The highest BCUT2D eigenvalue weighted by atomic mass is 16.3. The van der Waals surface area contributed by atoms with Crippen LogP contribution in [0, 0.1) is 11.3 Å². The summed E-state index contributed by atoms with van der Waals surface area (Å²) < 4.78 is 5.75. The first-order valence-electron chi connectivity index (χ1n) is 8.00. The molecule has 0 bridgehead atoms. The summed E-state index contributed by atoms with van der Waals surface area (Å²) >= 11 is 0. The van der Waals surface area contributed by atoms with Crippen LogP contribution in [0.1, 0.15) is 11.5 Å². The van der Waals surface area contributed by atoms with Gasteiger partial charge in [-0.3, -0.25) is 4.90 Å². The summed E-state index contributed by atoms with van der Waals surface area (Å²) in [5, 5.41) is 9.25. The highest BCUT2D eigenvalue weighted by Crippen LogP contribution is 2.22. The topological polar surface area (TPSA) is 69.2 Å². The monoisotopic (exact) mass is 319 g/mol. The molecule has 1 aliphatic heterocycles. The molecule has 0 unspecified atom stereocenters. The highest BCUT2D eigenvalue weighted by Gasteiger charge is 2.20. The van der Waals surface area contributed by atoms with Gasteiger partial charge in [0.05, 0.1) is 17.8 Å². The maximum atomic E-state index is 9.25. The van der Waals surface area contributed by atoms with Gasteiger partial charge >= 0.3 is 0 Å². The molecule has 2 aromatic heterocycles. The molecule has 0 amide bonds. The molecular formula is C18H17N5O. The molecule has 120 valence electrons. The van der Waals surface area contributed by atoms with E-state index in [1.165, 1.54) is 0 Å². The van der Waals surface area contributed by atoms with E-state index in [4.69, 9.17) is 4.42 Å². The third-order valence-corrected chi connectivity index (χ3v) is 4.31. The minimum absolute atomic E-state index is 0.661. The van der Waals surface area contributed by atoms with Gasteiger partial charge in [-0.15, -0.1) is 0 Å². The average molecular weight is 319 g/mol. The van der Waals surface area contributed by atoms with Crippen LogP contribution in [0.2, 0.25) is 0 Å². The molecule has 0 aliphatic carbocycles. The highest BCUT2D eigenvalue weighted by molar-refractivity contribution is 5.66. The van der Waals surface area contributed by atoms with Gasteiger partial charge in [-0.2, -0.15) is 10.2 Å². The number of oxazole rings is 1. The summed E-state index contributed by atoms with van der Waals surface area (Å²) in [7, 11) is 0. The summed E-state index contributed by atoms with van der Waals surface area (Å²) in [5.41, 5.74) is 3.14. The number of nitriles is 1. The van der Waals surface area contributed by atoms with Crippen molar-refractivity contribution in [1.82, 2.24) is 14.9 Å². The Morgan fingerprint density at radius 1 is 1.08 bits per heavy atom. The van der Waals surface area contributed by atoms with Crippen molar-refractivity contribution in [3.63, 3.8) is 0 Å². The van der Waals surface area contributed by atoms with Crippen molar-refractivity contribution >= 4 is 16.9 Å². The zero-order valence-electron chi connectivity index (χ0n) is 13.2. The van der Waals surface area contributed by atoms with Crippen LogP contribution in [0.5, 0.6) is 0 Å². The van der Waals surface area contributed by atoms with Gasteiger partial charge in [0.2, 0.25) is 5.89 Å². The largest absolute Gasteiger partial charge is 0.438 e. The van der Waals surface area contributed by atoms with Crippen molar-refractivity contribution in [2.45, 2.75) is 6.54 Å². The quantitative estimate of drug-likeness (QED) is 0.738. The average Bonchev–Trinajstić information content (AvgIpc) is 3.04. The zero-order valence-corrected chi connectivity index (χ0v) is 13.2. The number of fused-ring (bicyclic) bond motifs is 1. The molecule has 4 rings (SSSR count). The Hall–Kier alpha value is -2.91. The lowest BCUT2D eigenvalue weighted by atomic mass is 10.1. The molecule has 3 heterocycles. The van der Waals surface area contributed by atoms with Gasteiger partial charge in [-0.1, -0.05) is 12.1 Å². The number of benzene rings is 1. The zero-order chi connectivity index (χ0) is 16.4. The summed E-state index contributed by atoms with van der Waals surface area (Å²) in [6.07, 6.45) is 1.72. The van der Waals surface area contributed by atoms with Crippen LogP contribution in [-0.4, -0.2) is 41.0 Å². The molecule has 1 saturated heterocycles. The van der Waals surface area contributed by atoms with Gasteiger partial charge in [-0.05, 0) is 24.3 Å². The molecule has 1 fully saturated rings. The molecule has 3 aromatic rings. The van der Waals surface area contributed by atoms with E-state index in [0.29, 0.717) is 18.1 Å². The van der Waals surface area contributed by atoms with Gasteiger partial charge in [0.15, 0.2) is 11.2 Å². The van der Waals surface area contributed by atoms with Crippen LogP contribution in [-0.2, 0) is 6.54 Å². The first kappa shape index (κ1) is 14.7. The lowest BCUT2D eigenvalue weighted by Gasteiger charge is -2.35. The van der Waals surface area contributed by atoms with Crippen LogP contribution < -0.4 is 4.90 Å². The molecule has 0 radical (unpaired) electrons. The van der Waals surface area contributed by atoms with E-state index in [-0.39, 0.29) is 0 Å². The Bertz CT molecular complexity index is 857. The Morgan fingerprint density at radius 2 is 1.92 bits per heavy atom. The Morgan fingerprint density at radius 3 is 2.71 bits per heavy atom. The predicted octanol–water partition coefficient (Wildman–Crippen LogP) is 2.42. The van der Waals surface area contributed by atoms with E-state index in [0.717, 1.165) is 43.0 Å². The van der Waals surface area contributed by atoms with Gasteiger partial charge < -0.3 is 9.32 Å². The van der Waals surface area contributed by atoms with Crippen molar-refractivity contribution in [2.24, 2.45) is 0 Å². The molecule has 24 heavy (non-hydrogen) atoms. The van der Waals surface area contributed by atoms with Crippen LogP contribution >= 0.6 is 0 Å². The third kappa shape index (κ3) is 2.82. The lowest BCUT2D eigenvalue weighted by molar-refractivity contribution is 0.228. The minimum Gasteiger partial charge on any atom is -0.438 e. The molecule has 0 atom stereocenters. The smallest absolute Gasteiger partial charge is 0.211 e. The number of piperazine rings is 1. The van der Waals surface area contributed by atoms with Crippen molar-refractivity contribution < 1.29 is 4.42 Å². The Balaban J connectivity index is 1.42. The summed E-state index contributed by atoms with van der Waals surface area (Å²) in [5.74, 6) is 0.703. The third-order valence-electron chi connectivity index (χ3n) is 4.31. The van der Waals surface area contributed by atoms with Crippen molar-refractivity contribution in [3.8, 4) is 6.07 Å². The van der Waals surface area contributed by atoms with Gasteiger partial charge in [-0.25, -0.2) is 4.98 Å². The second-order valence-corrected chi connectivity index (χ2v) is 5.82. The molecular weight excluding hydrogens is 302 g/mol. The maximum Gasteiger partial charge on any atom is 0.211 e. The second kappa shape index (κ2) is 6.30. The van der Waals surface area contributed by atoms with E-state index in [9.17, 15) is 5.26 Å². The number of hydrogen-bond donors (Lipinski definition) is 0. The molecule has 6 heteroatoms. The van der Waals surface area contributed by atoms with Crippen LogP contribution in [0.25, 0.3) is 11.2 Å². The predicted molar refractivity (Wildman–Crippen MR) is 90.5 cm³/mol. The SMILES string of the molecule is N#Cc1ccccc1N1CCN(Cc2nc3ncccc3o2)CC1. The number of para-hydroxylation sites is 1. The van der Waals surface area contributed by atoms with Gasteiger partial charge in [0.25, 0.3) is 0 Å². The van der Waals surface area contributed by atoms with E-state index < -0.39 is 0 Å². The van der Waals surface area contributed by atoms with Crippen LogP contribution in [0.15, 0.2) is 47.0 Å². The van der Waals surface area contributed by atoms with Crippen molar-refractivity contribution in [3.05, 3.63) is 54.0 Å². The Labute approximate surface area is 139 Å². The number of rotatable bonds is 3. The normalized spacial score (nSPS) is 15.5. The molecule has 1 aliphatic rings. The molecule has 0 spiro atoms. The molecule has 6 nitrogen and oxygen atoms in total. The number of pyridine rings is 1. The standard InChI is InChI=1S/C18H17N5O/c19-12-14-4-1-2-5-15(14)23-10-8-22(9-11-23)13-17-21-18-16(24-17)6-3-7-20-18/h1-7H,8-11,13H2. The summed E-state index contributed by atoms with van der Waals surface area (Å²) in [6.45, 7) is 4.27. The fourth-order valence-electron chi connectivity index (χ4n) is 3.06. The number of anilines is 1. The van der Waals surface area contributed by atoms with Crippen LogP contribution in [0.4, 0.5) is 5.69 Å². The summed E-state index contributed by atoms with van der Waals surface area (Å²) in [4.78, 5) is 13.2. The van der Waals surface area contributed by atoms with Crippen molar-refractivity contribution in [2.75, 3.05) is 31.1 Å². The van der Waals surface area contributed by atoms with E-state index in [1.54, 1.807) is 6.20 Å². The molecule has 0 saturated carbocycles. The van der Waals surface area contributed by atoms with Gasteiger partial charge in [0.1, 0.15) is 6.07 Å². The maximum absolute atomic E-state index is 9.25. The number of hydrogen-bond acceptors (Lipinski definition) is 6. The Kier molecular flexibility index (Phi) is 3.85. The molecule has 1 aromatic carbocycles. The van der Waals surface area contributed by atoms with Crippen molar-refractivity contribution in [1.29, 1.82) is 5.26 Å². The fraction of sp³-hybridized carbons (Fsp3) is 0.278. The first-order valence-corrected chi connectivity index (χ1v) is 8.00. The van der Waals surface area contributed by atoms with Crippen LogP contribution in [0.3, 0.4) is 0 Å². The number of aromatic nitrogens is 2. The second-order valence-electron chi connectivity index (χ2n) is 5.82. The molecule has 0 N–H and O–H groups in total.